The molecule has 0 saturated carbocycles. The molecule has 3 rings (SSSR count). The molecule has 5 heteroatoms. The predicted molar refractivity (Wildman–Crippen MR) is 122 cm³/mol. The standard InChI is InChI=1S/C26H24N2O3/c1-2-16-30-24-12-8-20(9-13-24)17-22(18-27)26(29)28-23-10-14-25(15-11-23)31-19-21-6-4-3-5-7-21/h3-15,17H,2,16,19H2,1H3,(H,28,29)/b22-17+. The van der Waals surface area contributed by atoms with Gasteiger partial charge < -0.3 is 14.8 Å². The van der Waals surface area contributed by atoms with Crippen molar-refractivity contribution in [2.24, 2.45) is 0 Å². The summed E-state index contributed by atoms with van der Waals surface area (Å²) in [5.41, 5.74) is 2.43. The zero-order valence-electron chi connectivity index (χ0n) is 17.4. The SMILES string of the molecule is CCCOc1ccc(/C=C(\C#N)C(=O)Nc2ccc(OCc3ccccc3)cc2)cc1. The Labute approximate surface area is 182 Å². The zero-order valence-corrected chi connectivity index (χ0v) is 17.4. The van der Waals surface area contributed by atoms with Gasteiger partial charge in [0.05, 0.1) is 6.61 Å². The predicted octanol–water partition coefficient (Wildman–Crippen LogP) is 5.60. The van der Waals surface area contributed by atoms with E-state index in [2.05, 4.69) is 5.32 Å². The number of rotatable bonds is 9. The number of carbonyl (C=O) groups excluding carboxylic acids is 1. The summed E-state index contributed by atoms with van der Waals surface area (Å²) >= 11 is 0. The van der Waals surface area contributed by atoms with Crippen LogP contribution in [0.15, 0.2) is 84.4 Å². The van der Waals surface area contributed by atoms with Gasteiger partial charge in [-0.05, 0) is 60.0 Å². The third-order valence-corrected chi connectivity index (χ3v) is 4.39. The minimum Gasteiger partial charge on any atom is -0.494 e. The average molecular weight is 412 g/mol. The molecule has 0 unspecified atom stereocenters. The Morgan fingerprint density at radius 1 is 0.935 bits per heavy atom. The van der Waals surface area contributed by atoms with E-state index in [1.54, 1.807) is 30.3 Å². The first-order chi connectivity index (χ1) is 15.2. The molecular formula is C26H24N2O3. The molecular weight excluding hydrogens is 388 g/mol. The summed E-state index contributed by atoms with van der Waals surface area (Å²) in [5.74, 6) is 0.992. The molecule has 0 saturated heterocycles. The van der Waals surface area contributed by atoms with Crippen molar-refractivity contribution < 1.29 is 14.3 Å². The highest BCUT2D eigenvalue weighted by Gasteiger charge is 2.10. The number of nitrogens with one attached hydrogen (secondary N) is 1. The molecule has 0 radical (unpaired) electrons. The van der Waals surface area contributed by atoms with E-state index in [9.17, 15) is 10.1 Å². The van der Waals surface area contributed by atoms with Crippen LogP contribution in [0.4, 0.5) is 5.69 Å². The molecule has 3 aromatic rings. The topological polar surface area (TPSA) is 71.3 Å². The molecule has 3 aromatic carbocycles. The largest absolute Gasteiger partial charge is 0.494 e. The first-order valence-electron chi connectivity index (χ1n) is 10.1. The van der Waals surface area contributed by atoms with E-state index in [-0.39, 0.29) is 5.57 Å². The van der Waals surface area contributed by atoms with Crippen LogP contribution in [0, 0.1) is 11.3 Å². The summed E-state index contributed by atoms with van der Waals surface area (Å²) in [4.78, 5) is 12.5. The number of nitrogens with zero attached hydrogens (tertiary/aromatic N) is 1. The molecule has 0 aliphatic heterocycles. The van der Waals surface area contributed by atoms with Gasteiger partial charge in [0.2, 0.25) is 0 Å². The molecule has 0 spiro atoms. The van der Waals surface area contributed by atoms with Crippen molar-refractivity contribution in [2.45, 2.75) is 20.0 Å². The van der Waals surface area contributed by atoms with E-state index in [4.69, 9.17) is 9.47 Å². The van der Waals surface area contributed by atoms with Crippen LogP contribution in [0.1, 0.15) is 24.5 Å². The Kier molecular flexibility index (Phi) is 7.84. The fourth-order valence-corrected chi connectivity index (χ4v) is 2.77. The molecule has 0 aliphatic carbocycles. The molecule has 0 aliphatic rings. The molecule has 5 nitrogen and oxygen atoms in total. The van der Waals surface area contributed by atoms with Crippen LogP contribution < -0.4 is 14.8 Å². The lowest BCUT2D eigenvalue weighted by atomic mass is 10.1. The normalized spacial score (nSPS) is 10.8. The van der Waals surface area contributed by atoms with Gasteiger partial charge in [0.15, 0.2) is 0 Å². The number of anilines is 1. The van der Waals surface area contributed by atoms with Crippen molar-refractivity contribution in [1.82, 2.24) is 0 Å². The fourth-order valence-electron chi connectivity index (χ4n) is 2.77. The molecule has 0 fully saturated rings. The van der Waals surface area contributed by atoms with Crippen molar-refractivity contribution >= 4 is 17.7 Å². The highest BCUT2D eigenvalue weighted by atomic mass is 16.5. The van der Waals surface area contributed by atoms with Crippen LogP contribution in [0.2, 0.25) is 0 Å². The van der Waals surface area contributed by atoms with E-state index in [0.717, 1.165) is 23.3 Å². The van der Waals surface area contributed by atoms with Gasteiger partial charge in [0.25, 0.3) is 5.91 Å². The molecule has 1 N–H and O–H groups in total. The summed E-state index contributed by atoms with van der Waals surface area (Å²) in [5, 5.41) is 12.1. The smallest absolute Gasteiger partial charge is 0.266 e. The molecule has 31 heavy (non-hydrogen) atoms. The van der Waals surface area contributed by atoms with Crippen LogP contribution >= 0.6 is 0 Å². The number of carbonyl (C=O) groups is 1. The van der Waals surface area contributed by atoms with Gasteiger partial charge in [-0.3, -0.25) is 4.79 Å². The van der Waals surface area contributed by atoms with Crippen molar-refractivity contribution in [3.8, 4) is 17.6 Å². The van der Waals surface area contributed by atoms with E-state index in [1.165, 1.54) is 0 Å². The fraction of sp³-hybridized carbons (Fsp3) is 0.154. The number of hydrogen-bond donors (Lipinski definition) is 1. The lowest BCUT2D eigenvalue weighted by Crippen LogP contribution is -2.13. The van der Waals surface area contributed by atoms with Crippen molar-refractivity contribution in [3.63, 3.8) is 0 Å². The number of amides is 1. The third-order valence-electron chi connectivity index (χ3n) is 4.39. The highest BCUT2D eigenvalue weighted by Crippen LogP contribution is 2.19. The van der Waals surface area contributed by atoms with Crippen LogP contribution in [0.5, 0.6) is 11.5 Å². The maximum absolute atomic E-state index is 12.5. The van der Waals surface area contributed by atoms with E-state index >= 15 is 0 Å². The van der Waals surface area contributed by atoms with Crippen LogP contribution in [-0.2, 0) is 11.4 Å². The van der Waals surface area contributed by atoms with Crippen molar-refractivity contribution in [2.75, 3.05) is 11.9 Å². The summed E-state index contributed by atoms with van der Waals surface area (Å²) < 4.78 is 11.3. The minimum atomic E-state index is -0.466. The van der Waals surface area contributed by atoms with Gasteiger partial charge in [0, 0.05) is 5.69 Å². The van der Waals surface area contributed by atoms with Gasteiger partial charge in [-0.25, -0.2) is 0 Å². The van der Waals surface area contributed by atoms with E-state index in [0.29, 0.717) is 24.7 Å². The quantitative estimate of drug-likeness (QED) is 0.367. The number of ether oxygens (including phenoxy) is 2. The van der Waals surface area contributed by atoms with Crippen LogP contribution in [0.3, 0.4) is 0 Å². The first kappa shape index (κ1) is 21.7. The maximum Gasteiger partial charge on any atom is 0.266 e. The molecule has 0 atom stereocenters. The Morgan fingerprint density at radius 3 is 2.23 bits per heavy atom. The van der Waals surface area contributed by atoms with Gasteiger partial charge in [0.1, 0.15) is 29.7 Å². The third kappa shape index (κ3) is 6.76. The van der Waals surface area contributed by atoms with E-state index in [1.807, 2.05) is 67.6 Å². The molecule has 0 heterocycles. The van der Waals surface area contributed by atoms with Gasteiger partial charge in [-0.2, -0.15) is 5.26 Å². The average Bonchev–Trinajstić information content (AvgIpc) is 2.82. The van der Waals surface area contributed by atoms with Crippen molar-refractivity contribution in [1.29, 1.82) is 5.26 Å². The summed E-state index contributed by atoms with van der Waals surface area (Å²) in [6.07, 6.45) is 2.48. The maximum atomic E-state index is 12.5. The second kappa shape index (κ2) is 11.2. The molecule has 0 bridgehead atoms. The zero-order chi connectivity index (χ0) is 21.9. The number of hydrogen-bond acceptors (Lipinski definition) is 4. The first-order valence-corrected chi connectivity index (χ1v) is 10.1. The minimum absolute atomic E-state index is 0.0200. The second-order valence-electron chi connectivity index (χ2n) is 6.84. The lowest BCUT2D eigenvalue weighted by Gasteiger charge is -2.08. The number of nitriles is 1. The van der Waals surface area contributed by atoms with Crippen LogP contribution in [-0.4, -0.2) is 12.5 Å². The van der Waals surface area contributed by atoms with Crippen LogP contribution in [0.25, 0.3) is 6.08 Å². The van der Waals surface area contributed by atoms with Gasteiger partial charge >= 0.3 is 0 Å². The molecule has 1 amide bonds. The molecule has 156 valence electrons. The van der Waals surface area contributed by atoms with E-state index < -0.39 is 5.91 Å². The van der Waals surface area contributed by atoms with Crippen molar-refractivity contribution in [3.05, 3.63) is 95.6 Å². The Morgan fingerprint density at radius 2 is 1.58 bits per heavy atom. The van der Waals surface area contributed by atoms with Gasteiger partial charge in [-0.1, -0.05) is 49.4 Å². The van der Waals surface area contributed by atoms with Gasteiger partial charge in [-0.15, -0.1) is 0 Å². The second-order valence-corrected chi connectivity index (χ2v) is 6.84. The Hall–Kier alpha value is -4.04. The Balaban J connectivity index is 1.58. The summed E-state index contributed by atoms with van der Waals surface area (Å²) in [7, 11) is 0. The monoisotopic (exact) mass is 412 g/mol. The summed E-state index contributed by atoms with van der Waals surface area (Å²) in [6.45, 7) is 3.16. The molecule has 0 aromatic heterocycles. The lowest BCUT2D eigenvalue weighted by molar-refractivity contribution is -0.112. The highest BCUT2D eigenvalue weighted by molar-refractivity contribution is 6.09. The number of benzene rings is 3. The summed E-state index contributed by atoms with van der Waals surface area (Å²) in [6, 6.07) is 26.2. The Bertz CT molecular complexity index is 1050.